The summed E-state index contributed by atoms with van der Waals surface area (Å²) in [5.41, 5.74) is 0.719. The van der Waals surface area contributed by atoms with Crippen LogP contribution in [0.25, 0.3) is 0 Å². The summed E-state index contributed by atoms with van der Waals surface area (Å²) in [6.07, 6.45) is 7.23. The van der Waals surface area contributed by atoms with Crippen molar-refractivity contribution in [3.05, 3.63) is 11.6 Å². The molecule has 1 unspecified atom stereocenters. The molecule has 0 radical (unpaired) electrons. The van der Waals surface area contributed by atoms with Gasteiger partial charge in [0.2, 0.25) is 0 Å². The summed E-state index contributed by atoms with van der Waals surface area (Å²) in [5, 5.41) is 9.34. The van der Waals surface area contributed by atoms with E-state index in [1.807, 2.05) is 6.08 Å². The minimum atomic E-state index is -0.415. The van der Waals surface area contributed by atoms with Crippen molar-refractivity contribution in [3.63, 3.8) is 0 Å². The van der Waals surface area contributed by atoms with Gasteiger partial charge in [-0.15, -0.1) is 0 Å². The van der Waals surface area contributed by atoms with Crippen molar-refractivity contribution >= 4 is 17.3 Å². The molecule has 0 aromatic heterocycles. The number of aliphatic hydroxyl groups is 1. The number of rotatable bonds is 2. The van der Waals surface area contributed by atoms with Gasteiger partial charge in [-0.2, -0.15) is 0 Å². The molecule has 4 aliphatic carbocycles. The highest BCUT2D eigenvalue weighted by molar-refractivity contribution is 5.93. The molecule has 4 heteroatoms. The maximum absolute atomic E-state index is 13.3. The Balaban J connectivity index is 1.71. The normalized spacial score (nSPS) is 46.1. The lowest BCUT2D eigenvalue weighted by Crippen LogP contribution is -2.55. The molecule has 4 aliphatic rings. The van der Waals surface area contributed by atoms with Gasteiger partial charge in [0.25, 0.3) is 0 Å². The Labute approximate surface area is 149 Å². The predicted molar refractivity (Wildman–Crippen MR) is 92.7 cm³/mol. The second kappa shape index (κ2) is 5.60. The second-order valence-corrected chi connectivity index (χ2v) is 9.24. The summed E-state index contributed by atoms with van der Waals surface area (Å²) in [5.74, 6) is 0.913. The van der Waals surface area contributed by atoms with E-state index in [1.54, 1.807) is 0 Å². The summed E-state index contributed by atoms with van der Waals surface area (Å²) >= 11 is 0. The third-order valence-corrected chi connectivity index (χ3v) is 8.19. The van der Waals surface area contributed by atoms with Crippen molar-refractivity contribution in [2.75, 3.05) is 6.61 Å². The van der Waals surface area contributed by atoms with E-state index < -0.39 is 6.61 Å². The molecule has 0 amide bonds. The highest BCUT2D eigenvalue weighted by atomic mass is 16.3. The molecule has 0 bridgehead atoms. The average Bonchev–Trinajstić information content (AvgIpc) is 2.91. The summed E-state index contributed by atoms with van der Waals surface area (Å²) < 4.78 is 0. The fraction of sp³-hybridized carbons (Fsp3) is 0.762. The zero-order valence-corrected chi connectivity index (χ0v) is 15.2. The van der Waals surface area contributed by atoms with Crippen molar-refractivity contribution in [2.45, 2.75) is 58.8 Å². The van der Waals surface area contributed by atoms with Crippen LogP contribution < -0.4 is 0 Å². The smallest absolute Gasteiger partial charge is 0.161 e. The summed E-state index contributed by atoms with van der Waals surface area (Å²) in [6, 6.07) is 0. The van der Waals surface area contributed by atoms with Gasteiger partial charge in [-0.3, -0.25) is 14.4 Å². The van der Waals surface area contributed by atoms with Crippen LogP contribution in [0.1, 0.15) is 58.8 Å². The number of carbonyl (C=O) groups is 3. The highest BCUT2D eigenvalue weighted by Crippen LogP contribution is 2.65. The van der Waals surface area contributed by atoms with Crippen LogP contribution in [-0.4, -0.2) is 29.1 Å². The SMILES string of the molecule is CC12CC(=O)[C@H]3[C@@H](CCC4=CC(=O)CC[C@@]43C)[C@@H]1CC[C@@H]2C(=O)CO. The van der Waals surface area contributed by atoms with E-state index in [0.29, 0.717) is 24.7 Å². The first kappa shape index (κ1) is 17.1. The minimum absolute atomic E-state index is 0.00153. The number of carbonyl (C=O) groups excluding carboxylic acids is 3. The molecule has 4 rings (SSSR count). The van der Waals surface area contributed by atoms with E-state index >= 15 is 0 Å². The van der Waals surface area contributed by atoms with Gasteiger partial charge in [0.15, 0.2) is 11.6 Å². The number of allylic oxidation sites excluding steroid dienone is 1. The summed E-state index contributed by atoms with van der Waals surface area (Å²) in [7, 11) is 0. The number of hydrogen-bond acceptors (Lipinski definition) is 4. The molecule has 1 N–H and O–H groups in total. The van der Waals surface area contributed by atoms with E-state index in [-0.39, 0.29) is 40.0 Å². The Morgan fingerprint density at radius 3 is 2.68 bits per heavy atom. The minimum Gasteiger partial charge on any atom is -0.389 e. The number of hydrogen-bond donors (Lipinski definition) is 1. The Morgan fingerprint density at radius 1 is 1.20 bits per heavy atom. The topological polar surface area (TPSA) is 71.4 Å². The van der Waals surface area contributed by atoms with Crippen LogP contribution in [0.2, 0.25) is 0 Å². The first-order valence-corrected chi connectivity index (χ1v) is 9.71. The van der Waals surface area contributed by atoms with Crippen molar-refractivity contribution in [2.24, 2.45) is 34.5 Å². The lowest BCUT2D eigenvalue weighted by Gasteiger charge is -2.56. The Kier molecular flexibility index (Phi) is 3.84. The predicted octanol–water partition coefficient (Wildman–Crippen LogP) is 2.87. The van der Waals surface area contributed by atoms with Crippen molar-refractivity contribution in [1.29, 1.82) is 0 Å². The maximum Gasteiger partial charge on any atom is 0.161 e. The van der Waals surface area contributed by atoms with E-state index in [4.69, 9.17) is 0 Å². The van der Waals surface area contributed by atoms with Gasteiger partial charge in [0, 0.05) is 24.7 Å². The highest BCUT2D eigenvalue weighted by Gasteiger charge is 2.62. The molecule has 3 saturated carbocycles. The number of ketones is 3. The van der Waals surface area contributed by atoms with Crippen LogP contribution >= 0.6 is 0 Å². The van der Waals surface area contributed by atoms with E-state index in [9.17, 15) is 19.5 Å². The quantitative estimate of drug-likeness (QED) is 0.836. The van der Waals surface area contributed by atoms with Crippen LogP contribution in [-0.2, 0) is 14.4 Å². The maximum atomic E-state index is 13.3. The molecule has 4 nitrogen and oxygen atoms in total. The van der Waals surface area contributed by atoms with Gasteiger partial charge in [0.05, 0.1) is 0 Å². The third kappa shape index (κ3) is 2.26. The fourth-order valence-corrected chi connectivity index (χ4v) is 7.02. The first-order valence-electron chi connectivity index (χ1n) is 9.71. The van der Waals surface area contributed by atoms with Gasteiger partial charge in [-0.1, -0.05) is 19.4 Å². The zero-order valence-electron chi connectivity index (χ0n) is 15.2. The van der Waals surface area contributed by atoms with Crippen LogP contribution in [0, 0.1) is 34.5 Å². The zero-order chi connectivity index (χ0) is 18.0. The molecule has 0 aromatic carbocycles. The van der Waals surface area contributed by atoms with Crippen molar-refractivity contribution in [3.8, 4) is 0 Å². The summed E-state index contributed by atoms with van der Waals surface area (Å²) in [4.78, 5) is 37.4. The molecule has 0 saturated heterocycles. The van der Waals surface area contributed by atoms with Gasteiger partial charge in [-0.25, -0.2) is 0 Å². The monoisotopic (exact) mass is 344 g/mol. The number of aliphatic hydroxyl groups excluding tert-OH is 1. The van der Waals surface area contributed by atoms with Gasteiger partial charge < -0.3 is 5.11 Å². The van der Waals surface area contributed by atoms with Crippen molar-refractivity contribution < 1.29 is 19.5 Å². The molecule has 3 fully saturated rings. The van der Waals surface area contributed by atoms with Crippen LogP contribution in [0.5, 0.6) is 0 Å². The largest absolute Gasteiger partial charge is 0.389 e. The number of fused-ring (bicyclic) bond motifs is 5. The first-order chi connectivity index (χ1) is 11.8. The molecule has 0 aliphatic heterocycles. The van der Waals surface area contributed by atoms with Crippen LogP contribution in [0.4, 0.5) is 0 Å². The molecular weight excluding hydrogens is 316 g/mol. The standard InChI is InChI=1S/C21H28O4/c1-20-8-7-13(23)9-12(20)3-4-14-15-5-6-16(18(25)11-22)21(15,2)10-17(24)19(14)20/h9,14-16,19,22H,3-8,10-11H2,1-2H3/t14-,15-,16+,19+,20-,21?/m0/s1. The van der Waals surface area contributed by atoms with Gasteiger partial charge in [0.1, 0.15) is 12.4 Å². The third-order valence-electron chi connectivity index (χ3n) is 8.19. The Morgan fingerprint density at radius 2 is 1.96 bits per heavy atom. The molecule has 0 spiro atoms. The average molecular weight is 344 g/mol. The van der Waals surface area contributed by atoms with Crippen LogP contribution in [0.3, 0.4) is 0 Å². The Hall–Kier alpha value is -1.29. The van der Waals surface area contributed by atoms with E-state index in [2.05, 4.69) is 13.8 Å². The van der Waals surface area contributed by atoms with Gasteiger partial charge in [-0.05, 0) is 60.8 Å². The molecule has 0 aromatic rings. The van der Waals surface area contributed by atoms with Gasteiger partial charge >= 0.3 is 0 Å². The van der Waals surface area contributed by atoms with Crippen LogP contribution in [0.15, 0.2) is 11.6 Å². The van der Waals surface area contributed by atoms with Crippen molar-refractivity contribution in [1.82, 2.24) is 0 Å². The fourth-order valence-electron chi connectivity index (χ4n) is 7.02. The molecule has 25 heavy (non-hydrogen) atoms. The summed E-state index contributed by atoms with van der Waals surface area (Å²) in [6.45, 7) is 3.88. The number of Topliss-reactive ketones (excluding diaryl/α,β-unsaturated/α-hetero) is 2. The van der Waals surface area contributed by atoms with E-state index in [0.717, 1.165) is 32.1 Å². The van der Waals surface area contributed by atoms with E-state index in [1.165, 1.54) is 5.57 Å². The molecule has 136 valence electrons. The molecular formula is C21H28O4. The Bertz CT molecular complexity index is 677. The lowest BCUT2D eigenvalue weighted by atomic mass is 9.46. The molecule has 0 heterocycles. The lowest BCUT2D eigenvalue weighted by molar-refractivity contribution is -0.149. The second-order valence-electron chi connectivity index (χ2n) is 9.24. The molecule has 6 atom stereocenters.